The molecule has 3 saturated carbocycles. The van der Waals surface area contributed by atoms with Crippen LogP contribution in [0, 0.1) is 22.7 Å². The number of ether oxygens (including phenoxy) is 2. The number of Topliss-reactive ketones (excluding diaryl/α,β-unsaturated/α-hetero) is 1. The van der Waals surface area contributed by atoms with Crippen LogP contribution in [0.5, 0.6) is 0 Å². The molecule has 0 aromatic heterocycles. The van der Waals surface area contributed by atoms with E-state index >= 15 is 8.78 Å². The van der Waals surface area contributed by atoms with E-state index in [1.807, 2.05) is 0 Å². The summed E-state index contributed by atoms with van der Waals surface area (Å²) >= 11 is 0. The Bertz CT molecular complexity index is 960. The van der Waals surface area contributed by atoms with Gasteiger partial charge in [-0.3, -0.25) is 9.59 Å². The first kappa shape index (κ1) is 22.3. The molecule has 1 saturated heterocycles. The largest absolute Gasteiger partial charge is 0.390 e. The Morgan fingerprint density at radius 1 is 1.22 bits per heavy atom. The molecule has 1 aliphatic heterocycles. The van der Waals surface area contributed by atoms with Crippen molar-refractivity contribution in [3.63, 3.8) is 0 Å². The lowest BCUT2D eigenvalue weighted by Gasteiger charge is -2.63. The van der Waals surface area contributed by atoms with Crippen molar-refractivity contribution in [1.29, 1.82) is 0 Å². The summed E-state index contributed by atoms with van der Waals surface area (Å²) in [7, 11) is 0. The van der Waals surface area contributed by atoms with Gasteiger partial charge in [0.2, 0.25) is 0 Å². The standard InChI is InChI=1S/C24H30F2O6/c1-20(2)31-19-9-13-14-8-16(25)15-7-12(28)5-6-21(15,3)23(14,26)17(29)10-22(13,4)24(19,32-20)18(30)11-27/h5-7,13-14,16-17,19,27,29H,8-11H2,1-4H3/t13-,14-,16-,17-,19-,21-,22-,23-,24+/m0/s1. The van der Waals surface area contributed by atoms with Gasteiger partial charge in [0.15, 0.2) is 28.6 Å². The maximum Gasteiger partial charge on any atom is 0.193 e. The molecule has 0 aromatic carbocycles. The predicted octanol–water partition coefficient (Wildman–Crippen LogP) is 2.37. The summed E-state index contributed by atoms with van der Waals surface area (Å²) in [4.78, 5) is 25.1. The van der Waals surface area contributed by atoms with Gasteiger partial charge in [0.05, 0.1) is 12.2 Å². The fourth-order valence-corrected chi connectivity index (χ4v) is 7.92. The van der Waals surface area contributed by atoms with Gasteiger partial charge in [-0.15, -0.1) is 0 Å². The van der Waals surface area contributed by atoms with E-state index in [0.29, 0.717) is 0 Å². The van der Waals surface area contributed by atoms with Crippen LogP contribution in [0.4, 0.5) is 8.78 Å². The monoisotopic (exact) mass is 452 g/mol. The number of aliphatic hydroxyl groups excluding tert-OH is 2. The third-order valence-corrected chi connectivity index (χ3v) is 9.18. The van der Waals surface area contributed by atoms with Crippen molar-refractivity contribution in [2.75, 3.05) is 6.61 Å². The third kappa shape index (κ3) is 2.32. The molecule has 0 amide bonds. The first-order chi connectivity index (χ1) is 14.8. The van der Waals surface area contributed by atoms with E-state index in [-0.39, 0.29) is 24.8 Å². The average Bonchev–Trinajstić information content (AvgIpc) is 3.11. The molecule has 32 heavy (non-hydrogen) atoms. The van der Waals surface area contributed by atoms with Crippen LogP contribution in [0.15, 0.2) is 23.8 Å². The summed E-state index contributed by atoms with van der Waals surface area (Å²) in [5.74, 6) is -3.53. The maximum atomic E-state index is 17.1. The molecule has 0 radical (unpaired) electrons. The van der Waals surface area contributed by atoms with E-state index in [1.54, 1.807) is 20.8 Å². The van der Waals surface area contributed by atoms with Crippen LogP contribution in [-0.2, 0) is 19.1 Å². The summed E-state index contributed by atoms with van der Waals surface area (Å²) in [6.45, 7) is 5.87. The fourth-order valence-electron chi connectivity index (χ4n) is 7.92. The number of carbonyl (C=O) groups excluding carboxylic acids is 2. The minimum atomic E-state index is -2.24. The highest BCUT2D eigenvalue weighted by Gasteiger charge is 2.80. The Hall–Kier alpha value is -1.48. The fraction of sp³-hybridized carbons (Fsp3) is 0.750. The summed E-state index contributed by atoms with van der Waals surface area (Å²) in [5, 5.41) is 21.1. The molecule has 9 atom stereocenters. The van der Waals surface area contributed by atoms with Crippen LogP contribution in [-0.4, -0.2) is 63.8 Å². The topological polar surface area (TPSA) is 93.1 Å². The minimum absolute atomic E-state index is 0.0550. The predicted molar refractivity (Wildman–Crippen MR) is 109 cm³/mol. The van der Waals surface area contributed by atoms with Crippen LogP contribution in [0.25, 0.3) is 0 Å². The second kappa shape index (κ2) is 6.34. The number of carbonyl (C=O) groups is 2. The Labute approximate surface area is 185 Å². The molecule has 0 unspecified atom stereocenters. The second-order valence-corrected chi connectivity index (χ2v) is 11.0. The van der Waals surface area contributed by atoms with Gasteiger partial charge in [0, 0.05) is 16.7 Å². The number of halogens is 2. The van der Waals surface area contributed by atoms with Gasteiger partial charge >= 0.3 is 0 Å². The van der Waals surface area contributed by atoms with Crippen LogP contribution in [0.1, 0.15) is 47.0 Å². The number of fused-ring (bicyclic) bond motifs is 7. The van der Waals surface area contributed by atoms with Crippen LogP contribution in [0.2, 0.25) is 0 Å². The van der Waals surface area contributed by atoms with Crippen molar-refractivity contribution < 1.29 is 38.1 Å². The number of allylic oxidation sites excluding steroid dienone is 4. The van der Waals surface area contributed by atoms with Gasteiger partial charge < -0.3 is 19.7 Å². The molecular weight excluding hydrogens is 422 g/mol. The lowest BCUT2D eigenvalue weighted by Crippen LogP contribution is -2.71. The molecule has 1 heterocycles. The number of alkyl halides is 2. The summed E-state index contributed by atoms with van der Waals surface area (Å²) in [6.07, 6.45) is -0.151. The molecule has 5 rings (SSSR count). The molecular formula is C24H30F2O6. The quantitative estimate of drug-likeness (QED) is 0.668. The Morgan fingerprint density at radius 3 is 2.56 bits per heavy atom. The highest BCUT2D eigenvalue weighted by Crippen LogP contribution is 2.72. The molecule has 2 N–H and O–H groups in total. The minimum Gasteiger partial charge on any atom is -0.390 e. The molecule has 5 aliphatic rings. The van der Waals surface area contributed by atoms with Gasteiger partial charge in [-0.25, -0.2) is 8.78 Å². The van der Waals surface area contributed by atoms with E-state index in [0.717, 1.165) is 6.08 Å². The lowest BCUT2D eigenvalue weighted by molar-refractivity contribution is -0.248. The molecule has 6 nitrogen and oxygen atoms in total. The van der Waals surface area contributed by atoms with Crippen molar-refractivity contribution in [3.8, 4) is 0 Å². The number of ketones is 2. The average molecular weight is 452 g/mol. The number of rotatable bonds is 2. The molecule has 0 spiro atoms. The van der Waals surface area contributed by atoms with E-state index in [4.69, 9.17) is 9.47 Å². The van der Waals surface area contributed by atoms with Crippen molar-refractivity contribution in [2.24, 2.45) is 22.7 Å². The highest BCUT2D eigenvalue weighted by atomic mass is 19.1. The SMILES string of the molecule is CC1(C)O[C@H]2C[C@H]3[C@@H]4C[C@H](F)C5=CC(=O)C=C[C@]5(C)[C@@]4(F)[C@@H](O)C[C@]3(C)[C@]2(C(=O)CO)O1. The lowest BCUT2D eigenvalue weighted by atomic mass is 9.44. The number of aliphatic hydroxyl groups is 2. The summed E-state index contributed by atoms with van der Waals surface area (Å²) in [5.41, 5.74) is -6.30. The highest BCUT2D eigenvalue weighted by molar-refractivity contribution is 6.01. The van der Waals surface area contributed by atoms with Crippen LogP contribution < -0.4 is 0 Å². The smallest absolute Gasteiger partial charge is 0.193 e. The van der Waals surface area contributed by atoms with Crippen LogP contribution in [0.3, 0.4) is 0 Å². The van der Waals surface area contributed by atoms with E-state index < -0.39 is 76.3 Å². The van der Waals surface area contributed by atoms with Crippen molar-refractivity contribution in [1.82, 2.24) is 0 Å². The van der Waals surface area contributed by atoms with E-state index in [1.165, 1.54) is 19.1 Å². The molecule has 4 fully saturated rings. The normalized spacial score (nSPS) is 53.2. The molecule has 176 valence electrons. The second-order valence-electron chi connectivity index (χ2n) is 11.0. The Morgan fingerprint density at radius 2 is 1.91 bits per heavy atom. The zero-order valence-corrected chi connectivity index (χ0v) is 18.7. The first-order valence-corrected chi connectivity index (χ1v) is 11.3. The third-order valence-electron chi connectivity index (χ3n) is 9.18. The maximum absolute atomic E-state index is 17.1. The van der Waals surface area contributed by atoms with Gasteiger partial charge in [-0.1, -0.05) is 13.0 Å². The van der Waals surface area contributed by atoms with E-state index in [9.17, 15) is 19.8 Å². The summed E-state index contributed by atoms with van der Waals surface area (Å²) in [6, 6.07) is 0. The zero-order chi connectivity index (χ0) is 23.5. The molecule has 0 bridgehead atoms. The van der Waals surface area contributed by atoms with Crippen LogP contribution >= 0.6 is 0 Å². The van der Waals surface area contributed by atoms with E-state index in [2.05, 4.69) is 0 Å². The number of hydrogen-bond donors (Lipinski definition) is 2. The first-order valence-electron chi connectivity index (χ1n) is 11.3. The summed E-state index contributed by atoms with van der Waals surface area (Å²) < 4.78 is 44.8. The van der Waals surface area contributed by atoms with Gasteiger partial charge in [0.25, 0.3) is 0 Å². The van der Waals surface area contributed by atoms with Gasteiger partial charge in [0.1, 0.15) is 12.8 Å². The Kier molecular flexibility index (Phi) is 4.42. The van der Waals surface area contributed by atoms with Gasteiger partial charge in [-0.05, 0) is 63.7 Å². The molecule has 8 heteroatoms. The van der Waals surface area contributed by atoms with Crippen molar-refractivity contribution >= 4 is 11.6 Å². The Balaban J connectivity index is 1.66. The molecule has 4 aliphatic carbocycles. The van der Waals surface area contributed by atoms with Crippen molar-refractivity contribution in [2.45, 2.75) is 82.4 Å². The molecule has 0 aromatic rings. The van der Waals surface area contributed by atoms with Crippen molar-refractivity contribution in [3.05, 3.63) is 23.8 Å². The number of hydrogen-bond acceptors (Lipinski definition) is 6. The zero-order valence-electron chi connectivity index (χ0n) is 18.7. The van der Waals surface area contributed by atoms with Gasteiger partial charge in [-0.2, -0.15) is 0 Å².